The number of hydrogen-bond acceptors (Lipinski definition) is 3. The van der Waals surface area contributed by atoms with Crippen molar-refractivity contribution in [2.45, 2.75) is 12.5 Å². The minimum absolute atomic E-state index is 0.179. The number of nitrogens with zero attached hydrogens (tertiary/aromatic N) is 1. The lowest BCUT2D eigenvalue weighted by atomic mass is 9.89. The Labute approximate surface area is 156 Å². The van der Waals surface area contributed by atoms with E-state index < -0.39 is 17.9 Å². The molecule has 2 aromatic rings. The highest BCUT2D eigenvalue weighted by Crippen LogP contribution is 2.33. The van der Waals surface area contributed by atoms with Gasteiger partial charge in [0.25, 0.3) is 5.91 Å². The lowest BCUT2D eigenvalue weighted by Gasteiger charge is -2.17. The summed E-state index contributed by atoms with van der Waals surface area (Å²) in [5.74, 6) is -1.96. The molecule has 0 bridgehead atoms. The number of carbonyl (C=O) groups is 3. The number of carboxylic acid groups (broad SMARTS) is 1. The smallest absolute Gasteiger partial charge is 0.312 e. The van der Waals surface area contributed by atoms with Gasteiger partial charge in [-0.1, -0.05) is 42.5 Å². The summed E-state index contributed by atoms with van der Waals surface area (Å²) in [5, 5.41) is 12.1. The van der Waals surface area contributed by atoms with Crippen LogP contribution in [-0.2, 0) is 11.3 Å². The summed E-state index contributed by atoms with van der Waals surface area (Å²) in [6.07, 6.45) is 0. The van der Waals surface area contributed by atoms with Crippen LogP contribution in [0.5, 0.6) is 0 Å². The van der Waals surface area contributed by atoms with Gasteiger partial charge in [0, 0.05) is 31.1 Å². The first-order valence-electron chi connectivity index (χ1n) is 8.65. The van der Waals surface area contributed by atoms with Crippen molar-refractivity contribution in [1.82, 2.24) is 10.2 Å². The van der Waals surface area contributed by atoms with E-state index in [0.29, 0.717) is 12.1 Å². The minimum Gasteiger partial charge on any atom is -0.481 e. The molecule has 7 nitrogen and oxygen atoms in total. The molecule has 27 heavy (non-hydrogen) atoms. The van der Waals surface area contributed by atoms with E-state index in [9.17, 15) is 19.5 Å². The molecule has 1 fully saturated rings. The molecule has 3 amide bonds. The van der Waals surface area contributed by atoms with E-state index in [1.165, 1.54) is 0 Å². The van der Waals surface area contributed by atoms with Crippen LogP contribution in [0.25, 0.3) is 0 Å². The van der Waals surface area contributed by atoms with E-state index >= 15 is 0 Å². The van der Waals surface area contributed by atoms with Crippen molar-refractivity contribution in [1.29, 1.82) is 0 Å². The van der Waals surface area contributed by atoms with Gasteiger partial charge in [0.15, 0.2) is 0 Å². The molecular formula is C20H21N3O4. The fourth-order valence-electron chi connectivity index (χ4n) is 3.39. The van der Waals surface area contributed by atoms with Crippen molar-refractivity contribution >= 4 is 17.9 Å². The molecule has 4 N–H and O–H groups in total. The molecule has 0 aliphatic carbocycles. The topological polar surface area (TPSA) is 113 Å². The molecule has 0 radical (unpaired) electrons. The third kappa shape index (κ3) is 4.25. The molecule has 0 aromatic heterocycles. The molecule has 2 aromatic carbocycles. The molecule has 140 valence electrons. The number of carbonyl (C=O) groups excluding carboxylic acids is 2. The van der Waals surface area contributed by atoms with Crippen LogP contribution < -0.4 is 11.1 Å². The maximum atomic E-state index is 12.8. The zero-order valence-corrected chi connectivity index (χ0v) is 14.7. The second kappa shape index (κ2) is 7.90. The van der Waals surface area contributed by atoms with E-state index in [1.807, 2.05) is 30.3 Å². The molecule has 1 aliphatic rings. The zero-order valence-electron chi connectivity index (χ0n) is 14.7. The summed E-state index contributed by atoms with van der Waals surface area (Å²) in [6.45, 7) is 0.828. The number of benzene rings is 2. The number of amides is 3. The lowest BCUT2D eigenvalue weighted by Crippen LogP contribution is -2.30. The molecule has 0 saturated carbocycles. The molecule has 1 saturated heterocycles. The predicted molar refractivity (Wildman–Crippen MR) is 99.1 cm³/mol. The second-order valence-corrected chi connectivity index (χ2v) is 6.59. The van der Waals surface area contributed by atoms with Crippen molar-refractivity contribution in [3.05, 3.63) is 71.3 Å². The summed E-state index contributed by atoms with van der Waals surface area (Å²) < 4.78 is 0. The van der Waals surface area contributed by atoms with Gasteiger partial charge in [-0.25, -0.2) is 4.79 Å². The van der Waals surface area contributed by atoms with Crippen LogP contribution in [-0.4, -0.2) is 41.0 Å². The van der Waals surface area contributed by atoms with Crippen LogP contribution in [0.4, 0.5) is 4.79 Å². The summed E-state index contributed by atoms with van der Waals surface area (Å²) in [4.78, 5) is 36.8. The molecule has 2 atom stereocenters. The number of carboxylic acids is 1. The average molecular weight is 367 g/mol. The highest BCUT2D eigenvalue weighted by atomic mass is 16.4. The van der Waals surface area contributed by atoms with Crippen LogP contribution in [0.15, 0.2) is 54.6 Å². The van der Waals surface area contributed by atoms with E-state index in [1.54, 1.807) is 29.2 Å². The standard InChI is InChI=1S/C20H21N3O4/c21-20(27)22-10-13-6-8-15(9-7-13)18(24)23-11-16(17(12-23)19(25)26)14-4-2-1-3-5-14/h1-9,16-17H,10-12H2,(H,25,26)(H3,21,22,27)/t16-,17-/m0/s1. The van der Waals surface area contributed by atoms with Crippen molar-refractivity contribution < 1.29 is 19.5 Å². The number of nitrogens with two attached hydrogens (primary N) is 1. The van der Waals surface area contributed by atoms with Crippen molar-refractivity contribution in [3.63, 3.8) is 0 Å². The summed E-state index contributed by atoms with van der Waals surface area (Å²) >= 11 is 0. The minimum atomic E-state index is -0.896. The first kappa shape index (κ1) is 18.4. The maximum Gasteiger partial charge on any atom is 0.312 e. The van der Waals surface area contributed by atoms with Gasteiger partial charge < -0.3 is 21.1 Å². The Hall–Kier alpha value is -3.35. The van der Waals surface area contributed by atoms with Gasteiger partial charge in [0.1, 0.15) is 0 Å². The van der Waals surface area contributed by atoms with Crippen molar-refractivity contribution in [3.8, 4) is 0 Å². The fourth-order valence-corrected chi connectivity index (χ4v) is 3.39. The molecule has 3 rings (SSSR count). The summed E-state index contributed by atoms with van der Waals surface area (Å²) in [5.41, 5.74) is 7.26. The number of rotatable bonds is 5. The Morgan fingerprint density at radius 1 is 1.04 bits per heavy atom. The molecular weight excluding hydrogens is 346 g/mol. The van der Waals surface area contributed by atoms with E-state index in [4.69, 9.17) is 5.73 Å². The number of nitrogens with one attached hydrogen (secondary N) is 1. The van der Waals surface area contributed by atoms with Gasteiger partial charge in [-0.3, -0.25) is 9.59 Å². The van der Waals surface area contributed by atoms with Crippen molar-refractivity contribution in [2.24, 2.45) is 11.7 Å². The zero-order chi connectivity index (χ0) is 19.4. The van der Waals surface area contributed by atoms with Crippen LogP contribution in [0, 0.1) is 5.92 Å². The highest BCUT2D eigenvalue weighted by molar-refractivity contribution is 5.95. The Morgan fingerprint density at radius 2 is 1.70 bits per heavy atom. The van der Waals surface area contributed by atoms with Crippen LogP contribution in [0.1, 0.15) is 27.4 Å². The Morgan fingerprint density at radius 3 is 2.30 bits per heavy atom. The van der Waals surface area contributed by atoms with Crippen LogP contribution in [0.2, 0.25) is 0 Å². The lowest BCUT2D eigenvalue weighted by molar-refractivity contribution is -0.141. The summed E-state index contributed by atoms with van der Waals surface area (Å²) in [6, 6.07) is 15.6. The third-order valence-corrected chi connectivity index (χ3v) is 4.82. The van der Waals surface area contributed by atoms with Crippen LogP contribution >= 0.6 is 0 Å². The monoisotopic (exact) mass is 367 g/mol. The number of likely N-dealkylation sites (tertiary alicyclic amines) is 1. The molecule has 0 spiro atoms. The second-order valence-electron chi connectivity index (χ2n) is 6.59. The van der Waals surface area contributed by atoms with Gasteiger partial charge in [-0.2, -0.15) is 0 Å². The molecule has 1 heterocycles. The third-order valence-electron chi connectivity index (χ3n) is 4.82. The number of aliphatic carboxylic acids is 1. The van der Waals surface area contributed by atoms with Gasteiger partial charge in [0.05, 0.1) is 5.92 Å². The SMILES string of the molecule is NC(=O)NCc1ccc(C(=O)N2C[C@H](C(=O)O)[C@H](c3ccccc3)C2)cc1. The predicted octanol–water partition coefficient (Wildman–Crippen LogP) is 1.80. The highest BCUT2D eigenvalue weighted by Gasteiger charge is 2.40. The normalized spacial score (nSPS) is 18.9. The Bertz CT molecular complexity index is 836. The number of hydrogen-bond donors (Lipinski definition) is 3. The van der Waals surface area contributed by atoms with E-state index in [0.717, 1.165) is 11.1 Å². The quantitative estimate of drug-likeness (QED) is 0.748. The first-order valence-corrected chi connectivity index (χ1v) is 8.65. The average Bonchev–Trinajstić information content (AvgIpc) is 3.13. The largest absolute Gasteiger partial charge is 0.481 e. The Kier molecular flexibility index (Phi) is 5.40. The Balaban J connectivity index is 1.73. The molecule has 1 aliphatic heterocycles. The fraction of sp³-hybridized carbons (Fsp3) is 0.250. The van der Waals surface area contributed by atoms with E-state index in [2.05, 4.69) is 5.32 Å². The van der Waals surface area contributed by atoms with Gasteiger partial charge in [-0.15, -0.1) is 0 Å². The van der Waals surface area contributed by atoms with Gasteiger partial charge >= 0.3 is 12.0 Å². The number of urea groups is 1. The van der Waals surface area contributed by atoms with E-state index in [-0.39, 0.29) is 24.9 Å². The van der Waals surface area contributed by atoms with Crippen LogP contribution in [0.3, 0.4) is 0 Å². The molecule has 7 heteroatoms. The van der Waals surface area contributed by atoms with Gasteiger partial charge in [0.2, 0.25) is 0 Å². The molecule has 0 unspecified atom stereocenters. The van der Waals surface area contributed by atoms with Crippen molar-refractivity contribution in [2.75, 3.05) is 13.1 Å². The number of primary amides is 1. The van der Waals surface area contributed by atoms with Gasteiger partial charge in [-0.05, 0) is 23.3 Å². The maximum absolute atomic E-state index is 12.8. The summed E-state index contributed by atoms with van der Waals surface area (Å²) in [7, 11) is 0. The first-order chi connectivity index (χ1) is 13.0.